The highest BCUT2D eigenvalue weighted by molar-refractivity contribution is 5.70. The maximum atomic E-state index is 9.67. The van der Waals surface area contributed by atoms with Gasteiger partial charge in [-0.15, -0.1) is 0 Å². The minimum Gasteiger partial charge on any atom is -0.507 e. The minimum atomic E-state index is 0.221. The smallest absolute Gasteiger partial charge is 0.145 e. The molecule has 0 bridgehead atoms. The van der Waals surface area contributed by atoms with Crippen LogP contribution in [0.1, 0.15) is 5.76 Å². The molecule has 4 heteroatoms. The van der Waals surface area contributed by atoms with Gasteiger partial charge < -0.3 is 15.4 Å². The first kappa shape index (κ1) is 9.73. The van der Waals surface area contributed by atoms with Crippen molar-refractivity contribution < 1.29 is 9.63 Å². The van der Waals surface area contributed by atoms with Crippen molar-refractivity contribution >= 4 is 0 Å². The normalized spacial score (nSPS) is 10.5. The third kappa shape index (κ3) is 1.85. The lowest BCUT2D eigenvalue weighted by Crippen LogP contribution is -2.02. The van der Waals surface area contributed by atoms with Crippen LogP contribution in [0.15, 0.2) is 35.0 Å². The van der Waals surface area contributed by atoms with Gasteiger partial charge in [-0.25, -0.2) is 0 Å². The Morgan fingerprint density at radius 2 is 2.07 bits per heavy atom. The molecule has 0 aliphatic rings. The van der Waals surface area contributed by atoms with Crippen LogP contribution in [-0.2, 0) is 6.42 Å². The Morgan fingerprint density at radius 1 is 1.27 bits per heavy atom. The summed E-state index contributed by atoms with van der Waals surface area (Å²) in [6.07, 6.45) is 2.21. The van der Waals surface area contributed by atoms with Crippen LogP contribution in [0.4, 0.5) is 0 Å². The van der Waals surface area contributed by atoms with E-state index in [9.17, 15) is 5.11 Å². The first-order valence-electron chi connectivity index (χ1n) is 4.75. The molecular weight excluding hydrogens is 192 g/mol. The number of aromatic nitrogens is 1. The largest absolute Gasteiger partial charge is 0.507 e. The minimum absolute atomic E-state index is 0.221. The number of aromatic hydroxyl groups is 1. The third-order valence-corrected chi connectivity index (χ3v) is 2.21. The number of hydrogen-bond acceptors (Lipinski definition) is 4. The topological polar surface area (TPSA) is 72.3 Å². The van der Waals surface area contributed by atoms with Crippen LogP contribution in [0.5, 0.6) is 5.75 Å². The second-order valence-electron chi connectivity index (χ2n) is 3.22. The number of hydrogen-bond donors (Lipinski definition) is 2. The summed E-state index contributed by atoms with van der Waals surface area (Å²) in [4.78, 5) is 0. The van der Waals surface area contributed by atoms with Crippen molar-refractivity contribution in [3.05, 3.63) is 36.2 Å². The van der Waals surface area contributed by atoms with Gasteiger partial charge in [0.25, 0.3) is 0 Å². The van der Waals surface area contributed by atoms with Crippen LogP contribution in [0.3, 0.4) is 0 Å². The molecule has 0 radical (unpaired) electrons. The zero-order valence-corrected chi connectivity index (χ0v) is 8.18. The van der Waals surface area contributed by atoms with E-state index in [4.69, 9.17) is 10.3 Å². The molecule has 78 valence electrons. The van der Waals surface area contributed by atoms with Crippen molar-refractivity contribution in [2.45, 2.75) is 6.42 Å². The molecule has 0 amide bonds. The molecule has 0 aliphatic carbocycles. The molecule has 0 saturated heterocycles. The van der Waals surface area contributed by atoms with Crippen molar-refractivity contribution in [3.8, 4) is 16.9 Å². The summed E-state index contributed by atoms with van der Waals surface area (Å²) < 4.78 is 5.07. The number of benzene rings is 1. The summed E-state index contributed by atoms with van der Waals surface area (Å²) in [5.74, 6) is 0.929. The van der Waals surface area contributed by atoms with Gasteiger partial charge in [0.2, 0.25) is 0 Å². The second kappa shape index (κ2) is 4.14. The van der Waals surface area contributed by atoms with E-state index in [0.29, 0.717) is 18.7 Å². The van der Waals surface area contributed by atoms with E-state index in [0.717, 1.165) is 11.1 Å². The molecule has 1 aromatic carbocycles. The molecule has 0 atom stereocenters. The first-order valence-corrected chi connectivity index (χ1v) is 4.75. The molecule has 1 aromatic heterocycles. The van der Waals surface area contributed by atoms with E-state index in [-0.39, 0.29) is 5.75 Å². The Balaban J connectivity index is 2.45. The molecular formula is C11H12N2O2. The van der Waals surface area contributed by atoms with Crippen LogP contribution >= 0.6 is 0 Å². The average molecular weight is 204 g/mol. The molecule has 2 aromatic rings. The quantitative estimate of drug-likeness (QED) is 0.795. The Morgan fingerprint density at radius 3 is 2.80 bits per heavy atom. The van der Waals surface area contributed by atoms with Gasteiger partial charge in [-0.05, 0) is 12.6 Å². The number of nitrogens with two attached hydrogens (primary N) is 1. The highest BCUT2D eigenvalue weighted by Crippen LogP contribution is 2.31. The van der Waals surface area contributed by atoms with Gasteiger partial charge in [0.15, 0.2) is 0 Å². The van der Waals surface area contributed by atoms with Crippen molar-refractivity contribution in [3.63, 3.8) is 0 Å². The van der Waals surface area contributed by atoms with E-state index in [1.54, 1.807) is 18.3 Å². The van der Waals surface area contributed by atoms with Crippen LogP contribution in [-0.4, -0.2) is 16.8 Å². The summed E-state index contributed by atoms with van der Waals surface area (Å²) in [6, 6.07) is 7.08. The Bertz CT molecular complexity index is 451. The number of nitrogens with zero attached hydrogens (tertiary/aromatic N) is 1. The number of rotatable bonds is 3. The fourth-order valence-corrected chi connectivity index (χ4v) is 1.50. The SMILES string of the molecule is NCCc1oncc1-c1ccccc1O. The number of phenols is 1. The molecule has 3 N–H and O–H groups in total. The average Bonchev–Trinajstić information content (AvgIpc) is 2.67. The first-order chi connectivity index (χ1) is 7.33. The molecule has 0 saturated carbocycles. The van der Waals surface area contributed by atoms with Gasteiger partial charge in [0, 0.05) is 17.5 Å². The van der Waals surface area contributed by atoms with Crippen LogP contribution in [0.25, 0.3) is 11.1 Å². The molecule has 4 nitrogen and oxygen atoms in total. The molecule has 0 aliphatic heterocycles. The van der Waals surface area contributed by atoms with Gasteiger partial charge in [-0.1, -0.05) is 23.4 Å². The van der Waals surface area contributed by atoms with Crippen LogP contribution in [0.2, 0.25) is 0 Å². The third-order valence-electron chi connectivity index (χ3n) is 2.21. The fraction of sp³-hybridized carbons (Fsp3) is 0.182. The molecule has 15 heavy (non-hydrogen) atoms. The van der Waals surface area contributed by atoms with Crippen LogP contribution in [0, 0.1) is 0 Å². The zero-order valence-electron chi connectivity index (χ0n) is 8.18. The summed E-state index contributed by atoms with van der Waals surface area (Å²) in [5.41, 5.74) is 6.98. The molecule has 0 fully saturated rings. The van der Waals surface area contributed by atoms with Crippen molar-refractivity contribution in [1.29, 1.82) is 0 Å². The second-order valence-corrected chi connectivity index (χ2v) is 3.22. The lowest BCUT2D eigenvalue weighted by Gasteiger charge is -2.02. The van der Waals surface area contributed by atoms with Gasteiger partial charge >= 0.3 is 0 Å². The lowest BCUT2D eigenvalue weighted by molar-refractivity contribution is 0.385. The van der Waals surface area contributed by atoms with E-state index in [1.807, 2.05) is 12.1 Å². The predicted molar refractivity (Wildman–Crippen MR) is 56.4 cm³/mol. The summed E-state index contributed by atoms with van der Waals surface area (Å²) in [6.45, 7) is 0.496. The van der Waals surface area contributed by atoms with E-state index >= 15 is 0 Å². The predicted octanol–water partition coefficient (Wildman–Crippen LogP) is 1.55. The number of para-hydroxylation sites is 1. The molecule has 0 spiro atoms. The monoisotopic (exact) mass is 204 g/mol. The summed E-state index contributed by atoms with van der Waals surface area (Å²) in [5, 5.41) is 13.4. The van der Waals surface area contributed by atoms with Crippen molar-refractivity contribution in [2.24, 2.45) is 5.73 Å². The number of phenolic OH excluding ortho intramolecular Hbond substituents is 1. The Kier molecular flexibility index (Phi) is 2.69. The summed E-state index contributed by atoms with van der Waals surface area (Å²) in [7, 11) is 0. The Labute approximate surface area is 87.3 Å². The Hall–Kier alpha value is -1.81. The van der Waals surface area contributed by atoms with Gasteiger partial charge in [-0.2, -0.15) is 0 Å². The van der Waals surface area contributed by atoms with E-state index in [2.05, 4.69) is 5.16 Å². The highest BCUT2D eigenvalue weighted by Gasteiger charge is 2.12. The van der Waals surface area contributed by atoms with E-state index < -0.39 is 0 Å². The van der Waals surface area contributed by atoms with Crippen molar-refractivity contribution in [2.75, 3.05) is 6.54 Å². The fourth-order valence-electron chi connectivity index (χ4n) is 1.50. The maximum absolute atomic E-state index is 9.67. The standard InChI is InChI=1S/C11H12N2O2/c12-6-5-11-9(7-13-15-11)8-3-1-2-4-10(8)14/h1-4,7,14H,5-6,12H2. The molecule has 1 heterocycles. The lowest BCUT2D eigenvalue weighted by atomic mass is 10.0. The molecule has 0 unspecified atom stereocenters. The van der Waals surface area contributed by atoms with Crippen molar-refractivity contribution in [1.82, 2.24) is 5.16 Å². The van der Waals surface area contributed by atoms with Gasteiger partial charge in [-0.3, -0.25) is 0 Å². The zero-order chi connectivity index (χ0) is 10.7. The van der Waals surface area contributed by atoms with E-state index in [1.165, 1.54) is 0 Å². The maximum Gasteiger partial charge on any atom is 0.145 e. The molecule has 2 rings (SSSR count). The van der Waals surface area contributed by atoms with Gasteiger partial charge in [0.1, 0.15) is 11.5 Å². The van der Waals surface area contributed by atoms with Crippen LogP contribution < -0.4 is 5.73 Å². The highest BCUT2D eigenvalue weighted by atomic mass is 16.5. The van der Waals surface area contributed by atoms with Gasteiger partial charge in [0.05, 0.1) is 6.20 Å². The summed E-state index contributed by atoms with van der Waals surface area (Å²) >= 11 is 0.